The van der Waals surface area contributed by atoms with E-state index < -0.39 is 0 Å². The predicted molar refractivity (Wildman–Crippen MR) is 31.5 cm³/mol. The van der Waals surface area contributed by atoms with E-state index in [2.05, 4.69) is 15.9 Å². The molecule has 0 radical (unpaired) electrons. The van der Waals surface area contributed by atoms with E-state index in [-0.39, 0.29) is 0 Å². The first-order valence-corrected chi connectivity index (χ1v) is 2.52. The summed E-state index contributed by atoms with van der Waals surface area (Å²) in [5.74, 6) is 0. The Bertz CT molecular complexity index is 57.6. The average molecular weight is 150 g/mol. The molecular formula is C4H8BrN. The topological polar surface area (TPSA) is 26.0 Å². The summed E-state index contributed by atoms with van der Waals surface area (Å²) in [7, 11) is 0. The molecule has 0 amide bonds. The predicted octanol–water partition coefficient (Wildman–Crippen LogP) is 1.59. The van der Waals surface area contributed by atoms with Crippen molar-refractivity contribution < 1.29 is 0 Å². The number of hydrogen-bond acceptors (Lipinski definition) is 1. The number of halogens is 1. The van der Waals surface area contributed by atoms with Crippen LogP contribution in [0.4, 0.5) is 0 Å². The van der Waals surface area contributed by atoms with Crippen LogP contribution in [-0.2, 0) is 0 Å². The average Bonchev–Trinajstić information content (AvgIpc) is 1.36. The van der Waals surface area contributed by atoms with Gasteiger partial charge in [0, 0.05) is 0 Å². The van der Waals surface area contributed by atoms with Crippen molar-refractivity contribution in [3.63, 3.8) is 0 Å². The molecule has 0 rings (SSSR count). The van der Waals surface area contributed by atoms with Crippen molar-refractivity contribution in [2.24, 2.45) is 5.73 Å². The fourth-order valence-corrected chi connectivity index (χ4v) is 0. The number of hydrogen-bond donors (Lipinski definition) is 1. The third kappa shape index (κ3) is 2.27. The highest BCUT2D eigenvalue weighted by molar-refractivity contribution is 9.11. The summed E-state index contributed by atoms with van der Waals surface area (Å²) in [5.41, 5.74) is 6.35. The Morgan fingerprint density at radius 3 is 1.67 bits per heavy atom. The van der Waals surface area contributed by atoms with Crippen molar-refractivity contribution in [2.45, 2.75) is 13.8 Å². The zero-order chi connectivity index (χ0) is 5.15. The normalized spacial score (nSPS) is 7.83. The summed E-state index contributed by atoms with van der Waals surface area (Å²) in [6.45, 7) is 3.90. The summed E-state index contributed by atoms with van der Waals surface area (Å²) >= 11 is 3.10. The lowest BCUT2D eigenvalue weighted by molar-refractivity contribution is 1.32. The van der Waals surface area contributed by atoms with Crippen LogP contribution in [0.15, 0.2) is 10.2 Å². The maximum Gasteiger partial charge on any atom is 0.0740 e. The number of nitrogens with two attached hydrogens (primary N) is 1. The van der Waals surface area contributed by atoms with Crippen LogP contribution in [0.3, 0.4) is 0 Å². The fraction of sp³-hybridized carbons (Fsp3) is 0.500. The van der Waals surface area contributed by atoms with Crippen LogP contribution in [0.5, 0.6) is 0 Å². The number of allylic oxidation sites excluding steroid dienone is 1. The van der Waals surface area contributed by atoms with E-state index in [1.807, 2.05) is 13.8 Å². The van der Waals surface area contributed by atoms with Crippen LogP contribution in [0.2, 0.25) is 0 Å². The lowest BCUT2D eigenvalue weighted by atomic mass is 10.4. The standard InChI is InChI=1S/C4H8BrN/c1-3(2)4(5)6/h6H2,1-2H3. The van der Waals surface area contributed by atoms with E-state index in [0.717, 1.165) is 10.2 Å². The zero-order valence-corrected chi connectivity index (χ0v) is 5.54. The van der Waals surface area contributed by atoms with E-state index >= 15 is 0 Å². The Morgan fingerprint density at radius 1 is 1.50 bits per heavy atom. The first-order chi connectivity index (χ1) is 2.64. The van der Waals surface area contributed by atoms with Crippen molar-refractivity contribution in [1.29, 1.82) is 0 Å². The minimum Gasteiger partial charge on any atom is -0.393 e. The van der Waals surface area contributed by atoms with Gasteiger partial charge in [0.1, 0.15) is 0 Å². The summed E-state index contributed by atoms with van der Waals surface area (Å²) in [6, 6.07) is 0. The minimum absolute atomic E-state index is 0.738. The van der Waals surface area contributed by atoms with Gasteiger partial charge in [-0.1, -0.05) is 0 Å². The van der Waals surface area contributed by atoms with E-state index in [0.29, 0.717) is 0 Å². The van der Waals surface area contributed by atoms with Crippen molar-refractivity contribution in [2.75, 3.05) is 0 Å². The molecule has 0 aromatic carbocycles. The van der Waals surface area contributed by atoms with E-state index in [1.54, 1.807) is 0 Å². The molecule has 0 aliphatic rings. The van der Waals surface area contributed by atoms with Crippen molar-refractivity contribution in [3.05, 3.63) is 10.2 Å². The molecule has 0 aromatic rings. The van der Waals surface area contributed by atoms with E-state index in [1.165, 1.54) is 0 Å². The van der Waals surface area contributed by atoms with Gasteiger partial charge in [-0.15, -0.1) is 0 Å². The second-order valence-electron chi connectivity index (χ2n) is 1.35. The maximum absolute atomic E-state index is 5.23. The Kier molecular flexibility index (Phi) is 2.25. The molecule has 2 heteroatoms. The molecule has 0 spiro atoms. The van der Waals surface area contributed by atoms with Gasteiger partial charge in [-0.3, -0.25) is 0 Å². The van der Waals surface area contributed by atoms with Crippen molar-refractivity contribution in [1.82, 2.24) is 0 Å². The molecule has 6 heavy (non-hydrogen) atoms. The minimum atomic E-state index is 0.738. The van der Waals surface area contributed by atoms with Crippen LogP contribution in [0, 0.1) is 0 Å². The SMILES string of the molecule is CC(C)=C(N)Br. The Balaban J connectivity index is 3.68. The van der Waals surface area contributed by atoms with Crippen LogP contribution < -0.4 is 5.73 Å². The highest BCUT2D eigenvalue weighted by atomic mass is 79.9. The van der Waals surface area contributed by atoms with Gasteiger partial charge in [0.15, 0.2) is 0 Å². The Labute approximate surface area is 46.4 Å². The second-order valence-corrected chi connectivity index (χ2v) is 2.20. The molecule has 0 aliphatic carbocycles. The lowest BCUT2D eigenvalue weighted by Crippen LogP contribution is -1.87. The highest BCUT2D eigenvalue weighted by Gasteiger charge is 1.78. The molecular weight excluding hydrogens is 142 g/mol. The lowest BCUT2D eigenvalue weighted by Gasteiger charge is -1.86. The number of rotatable bonds is 0. The molecule has 0 saturated heterocycles. The smallest absolute Gasteiger partial charge is 0.0740 e. The molecule has 0 atom stereocenters. The molecule has 0 fully saturated rings. The maximum atomic E-state index is 5.23. The van der Waals surface area contributed by atoms with Crippen LogP contribution in [0.1, 0.15) is 13.8 Å². The monoisotopic (exact) mass is 149 g/mol. The van der Waals surface area contributed by atoms with Gasteiger partial charge >= 0.3 is 0 Å². The molecule has 0 unspecified atom stereocenters. The zero-order valence-electron chi connectivity index (χ0n) is 3.96. The van der Waals surface area contributed by atoms with Crippen molar-refractivity contribution in [3.8, 4) is 0 Å². The Morgan fingerprint density at radius 2 is 1.67 bits per heavy atom. The van der Waals surface area contributed by atoms with Gasteiger partial charge in [0.25, 0.3) is 0 Å². The van der Waals surface area contributed by atoms with E-state index in [4.69, 9.17) is 5.73 Å². The van der Waals surface area contributed by atoms with Crippen LogP contribution in [0.25, 0.3) is 0 Å². The molecule has 2 N–H and O–H groups in total. The third-order valence-corrected chi connectivity index (χ3v) is 1.27. The molecule has 0 saturated carbocycles. The largest absolute Gasteiger partial charge is 0.393 e. The summed E-state index contributed by atoms with van der Waals surface area (Å²) < 4.78 is 0.738. The summed E-state index contributed by atoms with van der Waals surface area (Å²) in [4.78, 5) is 0. The molecule has 0 bridgehead atoms. The quantitative estimate of drug-likeness (QED) is 0.521. The molecule has 1 nitrogen and oxygen atoms in total. The molecule has 0 aromatic heterocycles. The fourth-order valence-electron chi connectivity index (χ4n) is 0. The highest BCUT2D eigenvalue weighted by Crippen LogP contribution is 2.00. The van der Waals surface area contributed by atoms with Gasteiger partial charge in [0.05, 0.1) is 4.61 Å². The third-order valence-electron chi connectivity index (χ3n) is 0.478. The Hall–Kier alpha value is 0.0200. The first-order valence-electron chi connectivity index (χ1n) is 1.73. The van der Waals surface area contributed by atoms with Gasteiger partial charge in [-0.2, -0.15) is 0 Å². The van der Waals surface area contributed by atoms with Crippen molar-refractivity contribution >= 4 is 15.9 Å². The summed E-state index contributed by atoms with van der Waals surface area (Å²) in [5, 5.41) is 0. The van der Waals surface area contributed by atoms with Crippen LogP contribution in [-0.4, -0.2) is 0 Å². The van der Waals surface area contributed by atoms with Gasteiger partial charge in [-0.25, -0.2) is 0 Å². The second kappa shape index (κ2) is 2.24. The molecule has 36 valence electrons. The summed E-state index contributed by atoms with van der Waals surface area (Å²) in [6.07, 6.45) is 0. The molecule has 0 heterocycles. The van der Waals surface area contributed by atoms with Crippen LogP contribution >= 0.6 is 15.9 Å². The van der Waals surface area contributed by atoms with Gasteiger partial charge < -0.3 is 5.73 Å². The van der Waals surface area contributed by atoms with E-state index in [9.17, 15) is 0 Å². The first kappa shape index (κ1) is 6.02. The van der Waals surface area contributed by atoms with Gasteiger partial charge in [-0.05, 0) is 35.4 Å². The molecule has 0 aliphatic heterocycles. The van der Waals surface area contributed by atoms with Gasteiger partial charge in [0.2, 0.25) is 0 Å².